The number of amides is 1. The van der Waals surface area contributed by atoms with Crippen molar-refractivity contribution in [3.63, 3.8) is 0 Å². The van der Waals surface area contributed by atoms with Gasteiger partial charge in [0.25, 0.3) is 0 Å². The number of carbonyl (C=O) groups is 1. The summed E-state index contributed by atoms with van der Waals surface area (Å²) < 4.78 is 5.29. The summed E-state index contributed by atoms with van der Waals surface area (Å²) in [5, 5.41) is 6.55. The minimum absolute atomic E-state index is 0.283. The molecule has 0 aromatic rings. The third kappa shape index (κ3) is 1.84. The van der Waals surface area contributed by atoms with Crippen LogP contribution in [0.3, 0.4) is 0 Å². The van der Waals surface area contributed by atoms with E-state index in [0.29, 0.717) is 11.5 Å². The molecule has 4 heteroatoms. The molecule has 0 aromatic heterocycles. The Balaban J connectivity index is 1.50. The molecule has 1 amide bonds. The molecule has 3 rings (SSSR count). The van der Waals surface area contributed by atoms with Crippen LogP contribution in [-0.4, -0.2) is 38.3 Å². The van der Waals surface area contributed by atoms with Crippen molar-refractivity contribution in [1.82, 2.24) is 10.6 Å². The van der Waals surface area contributed by atoms with E-state index in [-0.39, 0.29) is 11.8 Å². The lowest BCUT2D eigenvalue weighted by atomic mass is 10.0. The molecule has 4 nitrogen and oxygen atoms in total. The highest BCUT2D eigenvalue weighted by molar-refractivity contribution is 5.83. The van der Waals surface area contributed by atoms with Crippen LogP contribution in [0.5, 0.6) is 0 Å². The maximum Gasteiger partial charge on any atom is 0.223 e. The zero-order valence-electron chi connectivity index (χ0n) is 9.63. The second kappa shape index (κ2) is 4.00. The summed E-state index contributed by atoms with van der Waals surface area (Å²) in [4.78, 5) is 12.1. The number of carbonyl (C=O) groups excluding carboxylic acids is 1. The van der Waals surface area contributed by atoms with E-state index in [1.54, 1.807) is 0 Å². The average Bonchev–Trinajstić information content (AvgIpc) is 2.79. The molecule has 2 aliphatic heterocycles. The highest BCUT2D eigenvalue weighted by Crippen LogP contribution is 2.56. The molecule has 3 aliphatic rings. The van der Waals surface area contributed by atoms with E-state index in [1.807, 2.05) is 0 Å². The Morgan fingerprint density at radius 1 is 1.38 bits per heavy atom. The van der Waals surface area contributed by atoms with Crippen LogP contribution in [0.25, 0.3) is 0 Å². The number of ether oxygens (including phenoxy) is 1. The van der Waals surface area contributed by atoms with Crippen molar-refractivity contribution >= 4 is 5.91 Å². The van der Waals surface area contributed by atoms with Gasteiger partial charge in [-0.1, -0.05) is 0 Å². The number of nitrogens with one attached hydrogen (secondary N) is 2. The molecule has 90 valence electrons. The molecule has 1 aliphatic carbocycles. The van der Waals surface area contributed by atoms with Gasteiger partial charge in [0.05, 0.1) is 0 Å². The molecule has 2 N–H and O–H groups in total. The van der Waals surface area contributed by atoms with Crippen molar-refractivity contribution in [3.8, 4) is 0 Å². The van der Waals surface area contributed by atoms with Crippen LogP contribution in [0.2, 0.25) is 0 Å². The molecule has 0 bridgehead atoms. The van der Waals surface area contributed by atoms with Crippen LogP contribution >= 0.6 is 0 Å². The lowest BCUT2D eigenvalue weighted by Gasteiger charge is -2.23. The van der Waals surface area contributed by atoms with Crippen molar-refractivity contribution in [3.05, 3.63) is 0 Å². The summed E-state index contributed by atoms with van der Waals surface area (Å²) in [7, 11) is 0. The molecule has 16 heavy (non-hydrogen) atoms. The van der Waals surface area contributed by atoms with E-state index < -0.39 is 0 Å². The van der Waals surface area contributed by atoms with Crippen molar-refractivity contribution in [2.75, 3.05) is 26.3 Å². The predicted molar refractivity (Wildman–Crippen MR) is 60.0 cm³/mol. The average molecular weight is 224 g/mol. The largest absolute Gasteiger partial charge is 0.381 e. The Hall–Kier alpha value is -0.610. The first-order chi connectivity index (χ1) is 7.80. The Morgan fingerprint density at radius 3 is 2.88 bits per heavy atom. The minimum atomic E-state index is 0.283. The molecule has 1 saturated carbocycles. The lowest BCUT2D eigenvalue weighted by molar-refractivity contribution is -0.124. The lowest BCUT2D eigenvalue weighted by Crippen LogP contribution is -2.40. The molecule has 0 aromatic carbocycles. The molecule has 3 fully saturated rings. The van der Waals surface area contributed by atoms with Gasteiger partial charge in [0.2, 0.25) is 5.91 Å². The van der Waals surface area contributed by atoms with E-state index in [0.717, 1.165) is 45.6 Å². The maximum atomic E-state index is 12.1. The van der Waals surface area contributed by atoms with Gasteiger partial charge in [-0.25, -0.2) is 0 Å². The summed E-state index contributed by atoms with van der Waals surface area (Å²) in [6, 6.07) is 0.355. The fraction of sp³-hybridized carbons (Fsp3) is 0.917. The minimum Gasteiger partial charge on any atom is -0.381 e. The van der Waals surface area contributed by atoms with Gasteiger partial charge in [-0.15, -0.1) is 0 Å². The van der Waals surface area contributed by atoms with Gasteiger partial charge >= 0.3 is 0 Å². The van der Waals surface area contributed by atoms with Gasteiger partial charge in [0.1, 0.15) is 0 Å². The first-order valence-corrected chi connectivity index (χ1v) is 6.39. The van der Waals surface area contributed by atoms with E-state index in [9.17, 15) is 4.79 Å². The van der Waals surface area contributed by atoms with Gasteiger partial charge in [0.15, 0.2) is 0 Å². The topological polar surface area (TPSA) is 50.4 Å². The highest BCUT2D eigenvalue weighted by atomic mass is 16.5. The van der Waals surface area contributed by atoms with E-state index in [2.05, 4.69) is 10.6 Å². The third-order valence-corrected chi connectivity index (χ3v) is 4.35. The van der Waals surface area contributed by atoms with Crippen LogP contribution in [0.1, 0.15) is 25.7 Å². The van der Waals surface area contributed by atoms with E-state index >= 15 is 0 Å². The van der Waals surface area contributed by atoms with Crippen molar-refractivity contribution in [2.24, 2.45) is 11.3 Å². The Bertz CT molecular complexity index is 281. The first kappa shape index (κ1) is 10.5. The zero-order valence-corrected chi connectivity index (χ0v) is 9.63. The second-order valence-corrected chi connectivity index (χ2v) is 5.44. The smallest absolute Gasteiger partial charge is 0.223 e. The van der Waals surface area contributed by atoms with Crippen molar-refractivity contribution < 1.29 is 9.53 Å². The molecular formula is C12H20N2O2. The normalized spacial score (nSPS) is 38.9. The van der Waals surface area contributed by atoms with Crippen LogP contribution < -0.4 is 10.6 Å². The molecule has 1 spiro atoms. The van der Waals surface area contributed by atoms with Crippen molar-refractivity contribution in [2.45, 2.75) is 31.7 Å². The maximum absolute atomic E-state index is 12.1. The van der Waals surface area contributed by atoms with Crippen LogP contribution in [0.15, 0.2) is 0 Å². The first-order valence-electron chi connectivity index (χ1n) is 6.39. The van der Waals surface area contributed by atoms with Gasteiger partial charge in [-0.3, -0.25) is 4.79 Å². The quantitative estimate of drug-likeness (QED) is 0.708. The molecule has 2 heterocycles. The van der Waals surface area contributed by atoms with Crippen LogP contribution in [0, 0.1) is 11.3 Å². The third-order valence-electron chi connectivity index (χ3n) is 4.35. The van der Waals surface area contributed by atoms with Gasteiger partial charge in [-0.05, 0) is 37.6 Å². The second-order valence-electron chi connectivity index (χ2n) is 5.44. The molecule has 2 saturated heterocycles. The van der Waals surface area contributed by atoms with Gasteiger partial charge in [0, 0.05) is 31.7 Å². The van der Waals surface area contributed by atoms with E-state index in [4.69, 9.17) is 4.74 Å². The number of rotatable bonds is 2. The Morgan fingerprint density at radius 2 is 2.19 bits per heavy atom. The van der Waals surface area contributed by atoms with Gasteiger partial charge in [-0.2, -0.15) is 0 Å². The fourth-order valence-electron chi connectivity index (χ4n) is 3.10. The van der Waals surface area contributed by atoms with Crippen LogP contribution in [0.4, 0.5) is 0 Å². The summed E-state index contributed by atoms with van der Waals surface area (Å²) in [5.74, 6) is 0.570. The summed E-state index contributed by atoms with van der Waals surface area (Å²) in [5.41, 5.74) is 0.329. The summed E-state index contributed by atoms with van der Waals surface area (Å²) >= 11 is 0. The Kier molecular flexibility index (Phi) is 2.64. The molecule has 2 atom stereocenters. The van der Waals surface area contributed by atoms with Gasteiger partial charge < -0.3 is 15.4 Å². The highest BCUT2D eigenvalue weighted by Gasteiger charge is 2.59. The molecular weight excluding hydrogens is 204 g/mol. The SMILES string of the molecule is O=C(NC1CCOCC1)C1CC12CCNC2. The fourth-order valence-corrected chi connectivity index (χ4v) is 3.10. The number of hydrogen-bond acceptors (Lipinski definition) is 3. The summed E-state index contributed by atoms with van der Waals surface area (Å²) in [6.45, 7) is 3.71. The molecule has 2 unspecified atom stereocenters. The molecule has 0 radical (unpaired) electrons. The van der Waals surface area contributed by atoms with Crippen LogP contribution in [-0.2, 0) is 9.53 Å². The predicted octanol–water partition coefficient (Wildman–Crippen LogP) is 0.281. The Labute approximate surface area is 96.1 Å². The zero-order chi connectivity index (χ0) is 11.0. The van der Waals surface area contributed by atoms with Crippen molar-refractivity contribution in [1.29, 1.82) is 0 Å². The monoisotopic (exact) mass is 224 g/mol. The standard InChI is InChI=1S/C12H20N2O2/c15-11(14-9-1-5-16-6-2-9)10-7-12(10)3-4-13-8-12/h9-10,13H,1-8H2,(H,14,15). The van der Waals surface area contributed by atoms with E-state index in [1.165, 1.54) is 6.42 Å². The number of hydrogen-bond donors (Lipinski definition) is 2. The summed E-state index contributed by atoms with van der Waals surface area (Å²) in [6.07, 6.45) is 4.22.